The molecule has 7 heteroatoms. The maximum atomic E-state index is 13.7. The lowest BCUT2D eigenvalue weighted by atomic mass is 9.88. The van der Waals surface area contributed by atoms with Gasteiger partial charge in [-0.15, -0.1) is 0 Å². The lowest BCUT2D eigenvalue weighted by Crippen LogP contribution is -2.40. The third kappa shape index (κ3) is 2.74. The van der Waals surface area contributed by atoms with E-state index in [0.717, 1.165) is 11.1 Å². The van der Waals surface area contributed by atoms with E-state index in [9.17, 15) is 26.7 Å². The van der Waals surface area contributed by atoms with Gasteiger partial charge in [0.25, 0.3) is 5.91 Å². The second kappa shape index (κ2) is 6.22. The number of carbonyl (C=O) groups excluding carboxylic acids is 1. The minimum Gasteiger partial charge on any atom is -0.349 e. The molecule has 0 bridgehead atoms. The Labute approximate surface area is 134 Å². The van der Waals surface area contributed by atoms with Crippen molar-refractivity contribution < 1.29 is 26.7 Å². The van der Waals surface area contributed by atoms with Crippen LogP contribution in [-0.4, -0.2) is 11.9 Å². The van der Waals surface area contributed by atoms with Crippen molar-refractivity contribution in [2.24, 2.45) is 0 Å². The maximum Gasteiger partial charge on any atom is 0.257 e. The molecule has 126 valence electrons. The third-order valence-electron chi connectivity index (χ3n) is 4.12. The zero-order valence-electron chi connectivity index (χ0n) is 12.3. The number of halogens is 5. The lowest BCUT2D eigenvalue weighted by Gasteiger charge is -2.25. The number of nitrogens with one attached hydrogen (secondary N) is 1. The summed E-state index contributed by atoms with van der Waals surface area (Å²) < 4.78 is 66.7. The number of benzene rings is 2. The van der Waals surface area contributed by atoms with Crippen LogP contribution in [0.25, 0.3) is 0 Å². The summed E-state index contributed by atoms with van der Waals surface area (Å²) in [6.07, 6.45) is 1.59. The number of amides is 1. The Kier molecular flexibility index (Phi) is 4.26. The van der Waals surface area contributed by atoms with Crippen LogP contribution in [0.4, 0.5) is 22.0 Å². The van der Waals surface area contributed by atoms with Gasteiger partial charge < -0.3 is 5.32 Å². The topological polar surface area (TPSA) is 29.1 Å². The number of rotatable bonds is 2. The Morgan fingerprint density at radius 1 is 0.875 bits per heavy atom. The molecule has 0 spiro atoms. The van der Waals surface area contributed by atoms with Crippen LogP contribution in [0, 0.1) is 29.1 Å². The molecular weight excluding hydrogens is 329 g/mol. The minimum absolute atomic E-state index is 0.428. The van der Waals surface area contributed by atoms with Gasteiger partial charge in [-0.2, -0.15) is 0 Å². The Morgan fingerprint density at radius 2 is 1.42 bits per heavy atom. The molecule has 2 nitrogen and oxygen atoms in total. The zero-order chi connectivity index (χ0) is 17.4. The molecule has 1 atom stereocenters. The molecule has 24 heavy (non-hydrogen) atoms. The molecule has 2 aromatic carbocycles. The average molecular weight is 341 g/mol. The summed E-state index contributed by atoms with van der Waals surface area (Å²) in [7, 11) is 0. The molecule has 1 aliphatic rings. The fraction of sp³-hybridized carbons (Fsp3) is 0.235. The van der Waals surface area contributed by atoms with Crippen molar-refractivity contribution in [3.8, 4) is 0 Å². The molecule has 3 rings (SSSR count). The van der Waals surface area contributed by atoms with Gasteiger partial charge in [-0.1, -0.05) is 24.3 Å². The minimum atomic E-state index is -2.28. The molecule has 0 saturated heterocycles. The summed E-state index contributed by atoms with van der Waals surface area (Å²) in [6, 6.07) is 7.07. The van der Waals surface area contributed by atoms with Crippen molar-refractivity contribution in [1.29, 1.82) is 0 Å². The number of carbonyl (C=O) groups is 1. The van der Waals surface area contributed by atoms with E-state index in [1.807, 2.05) is 24.3 Å². The molecular formula is C17H12F5NO. The quantitative estimate of drug-likeness (QED) is 0.504. The highest BCUT2D eigenvalue weighted by atomic mass is 19.2. The van der Waals surface area contributed by atoms with Crippen molar-refractivity contribution in [2.75, 3.05) is 0 Å². The average Bonchev–Trinajstić information content (AvgIpc) is 2.58. The highest BCUT2D eigenvalue weighted by Crippen LogP contribution is 2.25. The second-order valence-corrected chi connectivity index (χ2v) is 5.63. The van der Waals surface area contributed by atoms with Crippen molar-refractivity contribution in [3.63, 3.8) is 0 Å². The first-order valence-corrected chi connectivity index (χ1v) is 7.29. The molecule has 1 amide bonds. The van der Waals surface area contributed by atoms with Crippen LogP contribution in [-0.2, 0) is 12.8 Å². The summed E-state index contributed by atoms with van der Waals surface area (Å²) >= 11 is 0. The van der Waals surface area contributed by atoms with Gasteiger partial charge in [-0.3, -0.25) is 4.79 Å². The molecule has 0 heterocycles. The molecule has 0 aromatic heterocycles. The number of hydrogen-bond donors (Lipinski definition) is 1. The lowest BCUT2D eigenvalue weighted by molar-refractivity contribution is 0.0921. The standard InChI is InChI=1S/C17H12F5NO/c18-12-11(13(19)15(21)16(22)14(12)20)17(24)23-10-6-5-8-3-1-2-4-9(8)7-10/h1-4,10H,5-7H2,(H,23,24). The molecule has 0 radical (unpaired) electrons. The van der Waals surface area contributed by atoms with E-state index in [1.54, 1.807) is 0 Å². The predicted molar refractivity (Wildman–Crippen MR) is 76.0 cm³/mol. The van der Waals surface area contributed by atoms with Crippen LogP contribution in [0.5, 0.6) is 0 Å². The fourth-order valence-corrected chi connectivity index (χ4v) is 2.88. The Bertz CT molecular complexity index is 792. The van der Waals surface area contributed by atoms with Crippen LogP contribution in [0.3, 0.4) is 0 Å². The maximum absolute atomic E-state index is 13.7. The summed E-state index contributed by atoms with van der Waals surface area (Å²) in [4.78, 5) is 12.0. The summed E-state index contributed by atoms with van der Waals surface area (Å²) in [5, 5.41) is 2.36. The van der Waals surface area contributed by atoms with Crippen molar-refractivity contribution in [3.05, 3.63) is 70.0 Å². The van der Waals surface area contributed by atoms with Crippen LogP contribution in [0.2, 0.25) is 0 Å². The predicted octanol–water partition coefficient (Wildman–Crippen LogP) is 3.67. The van der Waals surface area contributed by atoms with Gasteiger partial charge in [-0.25, -0.2) is 22.0 Å². The van der Waals surface area contributed by atoms with Gasteiger partial charge >= 0.3 is 0 Å². The van der Waals surface area contributed by atoms with Crippen molar-refractivity contribution in [1.82, 2.24) is 5.32 Å². The normalized spacial score (nSPS) is 16.6. The number of hydrogen-bond acceptors (Lipinski definition) is 1. The molecule has 1 aliphatic carbocycles. The van der Waals surface area contributed by atoms with E-state index in [0.29, 0.717) is 19.3 Å². The Hall–Kier alpha value is -2.44. The monoisotopic (exact) mass is 341 g/mol. The summed E-state index contributed by atoms with van der Waals surface area (Å²) in [5.41, 5.74) is 0.635. The molecule has 1 unspecified atom stereocenters. The van der Waals surface area contributed by atoms with Gasteiger partial charge in [0, 0.05) is 6.04 Å². The largest absolute Gasteiger partial charge is 0.349 e. The Balaban J connectivity index is 1.85. The first-order valence-electron chi connectivity index (χ1n) is 7.29. The van der Waals surface area contributed by atoms with E-state index in [1.165, 1.54) is 0 Å². The van der Waals surface area contributed by atoms with E-state index in [4.69, 9.17) is 0 Å². The number of fused-ring (bicyclic) bond motifs is 1. The van der Waals surface area contributed by atoms with Gasteiger partial charge in [0.2, 0.25) is 5.82 Å². The van der Waals surface area contributed by atoms with Crippen LogP contribution >= 0.6 is 0 Å². The molecule has 0 fully saturated rings. The third-order valence-corrected chi connectivity index (χ3v) is 4.12. The summed E-state index contributed by atoms with van der Waals surface area (Å²) in [6.45, 7) is 0. The van der Waals surface area contributed by atoms with Gasteiger partial charge in [0.1, 0.15) is 5.56 Å². The first-order chi connectivity index (χ1) is 11.4. The van der Waals surface area contributed by atoms with Crippen LogP contribution in [0.1, 0.15) is 27.9 Å². The number of aryl methyl sites for hydroxylation is 1. The summed E-state index contributed by atoms with van der Waals surface area (Å²) in [5.74, 6) is -12.1. The highest BCUT2D eigenvalue weighted by Gasteiger charge is 2.31. The van der Waals surface area contributed by atoms with Gasteiger partial charge in [0.15, 0.2) is 23.3 Å². The highest BCUT2D eigenvalue weighted by molar-refractivity contribution is 5.95. The van der Waals surface area contributed by atoms with E-state index in [2.05, 4.69) is 5.32 Å². The van der Waals surface area contributed by atoms with E-state index in [-0.39, 0.29) is 0 Å². The molecule has 1 N–H and O–H groups in total. The smallest absolute Gasteiger partial charge is 0.257 e. The zero-order valence-corrected chi connectivity index (χ0v) is 12.3. The van der Waals surface area contributed by atoms with Crippen molar-refractivity contribution in [2.45, 2.75) is 25.3 Å². The van der Waals surface area contributed by atoms with Gasteiger partial charge in [0.05, 0.1) is 0 Å². The van der Waals surface area contributed by atoms with E-state index < -0.39 is 46.6 Å². The molecule has 2 aromatic rings. The van der Waals surface area contributed by atoms with Crippen LogP contribution in [0.15, 0.2) is 24.3 Å². The first kappa shape index (κ1) is 16.4. The second-order valence-electron chi connectivity index (χ2n) is 5.63. The Morgan fingerprint density at radius 3 is 2.04 bits per heavy atom. The van der Waals surface area contributed by atoms with Crippen molar-refractivity contribution >= 4 is 5.91 Å². The van der Waals surface area contributed by atoms with E-state index >= 15 is 0 Å². The fourth-order valence-electron chi connectivity index (χ4n) is 2.88. The molecule has 0 aliphatic heterocycles. The SMILES string of the molecule is O=C(NC1CCc2ccccc2C1)c1c(F)c(F)c(F)c(F)c1F. The van der Waals surface area contributed by atoms with Crippen LogP contribution < -0.4 is 5.32 Å². The molecule has 0 saturated carbocycles. The van der Waals surface area contributed by atoms with Gasteiger partial charge in [-0.05, 0) is 30.4 Å².